The van der Waals surface area contributed by atoms with Crippen molar-refractivity contribution in [3.8, 4) is 5.88 Å². The number of hydrogen-bond acceptors (Lipinski definition) is 5. The van der Waals surface area contributed by atoms with Gasteiger partial charge in [-0.15, -0.1) is 5.10 Å². The lowest BCUT2D eigenvalue weighted by molar-refractivity contribution is -0.138. The number of H-pyrrole nitrogens is 1. The van der Waals surface area contributed by atoms with Crippen LogP contribution in [0.5, 0.6) is 5.88 Å². The van der Waals surface area contributed by atoms with Gasteiger partial charge < -0.3 is 9.84 Å². The summed E-state index contributed by atoms with van der Waals surface area (Å²) < 4.78 is 46.0. The molecule has 2 N–H and O–H groups in total. The predicted molar refractivity (Wildman–Crippen MR) is 94.2 cm³/mol. The van der Waals surface area contributed by atoms with Gasteiger partial charge >= 0.3 is 12.1 Å². The summed E-state index contributed by atoms with van der Waals surface area (Å²) >= 11 is 0. The molecule has 3 heterocycles. The van der Waals surface area contributed by atoms with E-state index in [0.717, 1.165) is 12.3 Å². The summed E-state index contributed by atoms with van der Waals surface area (Å²) in [5, 5.41) is 19.8. The quantitative estimate of drug-likeness (QED) is 0.621. The van der Waals surface area contributed by atoms with Crippen molar-refractivity contribution in [2.75, 3.05) is 0 Å². The van der Waals surface area contributed by atoms with E-state index in [-0.39, 0.29) is 24.4 Å². The third kappa shape index (κ3) is 4.73. The van der Waals surface area contributed by atoms with Gasteiger partial charge in [0.2, 0.25) is 5.88 Å². The number of aliphatic carboxylic acids is 1. The molecule has 3 rings (SSSR count). The molecule has 0 fully saturated rings. The average Bonchev–Trinajstić information content (AvgIpc) is 3.22. The number of hydrogen-bond donors (Lipinski definition) is 2. The molecule has 29 heavy (non-hydrogen) atoms. The molecule has 0 saturated heterocycles. The van der Waals surface area contributed by atoms with Crippen molar-refractivity contribution in [3.05, 3.63) is 58.8 Å². The Morgan fingerprint density at radius 3 is 2.66 bits per heavy atom. The minimum absolute atomic E-state index is 0.0658. The van der Waals surface area contributed by atoms with Crippen LogP contribution in [-0.4, -0.2) is 36.0 Å². The van der Waals surface area contributed by atoms with E-state index in [9.17, 15) is 18.0 Å². The zero-order valence-electron chi connectivity index (χ0n) is 15.6. The molecule has 0 aliphatic heterocycles. The number of nitrogens with one attached hydrogen (secondary N) is 1. The van der Waals surface area contributed by atoms with Crippen LogP contribution in [0.4, 0.5) is 13.2 Å². The van der Waals surface area contributed by atoms with Crippen LogP contribution < -0.4 is 4.74 Å². The first-order chi connectivity index (χ1) is 13.6. The molecule has 3 aromatic rings. The number of aromatic amines is 1. The highest BCUT2D eigenvalue weighted by molar-refractivity contribution is 5.67. The fourth-order valence-corrected chi connectivity index (χ4v) is 2.76. The largest absolute Gasteiger partial charge is 0.481 e. The number of halogens is 3. The number of nitrogens with zero attached hydrogens (tertiary/aromatic N) is 4. The molecule has 11 heteroatoms. The number of rotatable bonds is 7. The van der Waals surface area contributed by atoms with Crippen molar-refractivity contribution in [1.29, 1.82) is 0 Å². The first-order valence-electron chi connectivity index (χ1n) is 8.59. The highest BCUT2D eigenvalue weighted by Gasteiger charge is 2.31. The summed E-state index contributed by atoms with van der Waals surface area (Å²) in [6.07, 6.45) is -2.89. The lowest BCUT2D eigenvalue weighted by Gasteiger charge is -2.17. The molecule has 0 saturated carbocycles. The van der Waals surface area contributed by atoms with Gasteiger partial charge in [-0.2, -0.15) is 18.3 Å². The van der Waals surface area contributed by atoms with Crippen LogP contribution in [0.2, 0.25) is 0 Å². The standard InChI is InChI=1S/C18H18F3N5O3/c1-10-13(9-23-24-10)17(14-5-3-11(8-22-14)18(19,20)21)29-15-7-12(26(2)25-15)4-6-16(27)28/h3,5,7-9,17H,4,6H2,1-2H3,(H,23,24)(H,27,28). The number of carboxylic acids is 1. The molecule has 0 bridgehead atoms. The van der Waals surface area contributed by atoms with Crippen molar-refractivity contribution < 1.29 is 27.8 Å². The predicted octanol–water partition coefficient (Wildman–Crippen LogP) is 3.05. The molecule has 0 aliphatic rings. The van der Waals surface area contributed by atoms with Crippen molar-refractivity contribution in [1.82, 2.24) is 25.0 Å². The Labute approximate surface area is 163 Å². The van der Waals surface area contributed by atoms with Crippen LogP contribution in [0.25, 0.3) is 0 Å². The number of aromatic nitrogens is 5. The summed E-state index contributed by atoms with van der Waals surface area (Å²) in [6.45, 7) is 1.75. The summed E-state index contributed by atoms with van der Waals surface area (Å²) in [6, 6.07) is 3.77. The van der Waals surface area contributed by atoms with Crippen molar-refractivity contribution in [2.45, 2.75) is 32.0 Å². The summed E-state index contributed by atoms with van der Waals surface area (Å²) in [4.78, 5) is 14.7. The highest BCUT2D eigenvalue weighted by Crippen LogP contribution is 2.32. The van der Waals surface area contributed by atoms with E-state index in [1.165, 1.54) is 16.9 Å². The molecule has 0 amide bonds. The van der Waals surface area contributed by atoms with E-state index in [0.29, 0.717) is 17.0 Å². The number of ether oxygens (including phenoxy) is 1. The molecule has 3 aromatic heterocycles. The second-order valence-corrected chi connectivity index (χ2v) is 6.41. The van der Waals surface area contributed by atoms with E-state index >= 15 is 0 Å². The van der Waals surface area contributed by atoms with Crippen LogP contribution >= 0.6 is 0 Å². The van der Waals surface area contributed by atoms with Gasteiger partial charge in [0.1, 0.15) is 0 Å². The SMILES string of the molecule is Cc1[nH]ncc1C(Oc1cc(CCC(=O)O)n(C)n1)c1ccc(C(F)(F)F)cn1. The average molecular weight is 409 g/mol. The van der Waals surface area contributed by atoms with E-state index in [1.54, 1.807) is 20.0 Å². The van der Waals surface area contributed by atoms with Gasteiger partial charge in [0, 0.05) is 36.3 Å². The first-order valence-corrected chi connectivity index (χ1v) is 8.59. The van der Waals surface area contributed by atoms with Gasteiger partial charge in [-0.1, -0.05) is 0 Å². The molecule has 0 aliphatic carbocycles. The van der Waals surface area contributed by atoms with E-state index < -0.39 is 23.8 Å². The van der Waals surface area contributed by atoms with E-state index in [1.807, 2.05) is 0 Å². The summed E-state index contributed by atoms with van der Waals surface area (Å²) in [5.41, 5.74) is 1.29. The molecular weight excluding hydrogens is 391 g/mol. The molecular formula is C18H18F3N5O3. The maximum absolute atomic E-state index is 12.8. The van der Waals surface area contributed by atoms with Crippen LogP contribution in [0.1, 0.15) is 40.7 Å². The smallest absolute Gasteiger partial charge is 0.417 e. The third-order valence-corrected chi connectivity index (χ3v) is 4.32. The number of aryl methyl sites for hydroxylation is 3. The Bertz CT molecular complexity index is 995. The topological polar surface area (TPSA) is 106 Å². The molecule has 1 atom stereocenters. The second-order valence-electron chi connectivity index (χ2n) is 6.41. The van der Waals surface area contributed by atoms with Crippen LogP contribution in [0.15, 0.2) is 30.6 Å². The number of alkyl halides is 3. The van der Waals surface area contributed by atoms with Gasteiger partial charge in [0.25, 0.3) is 0 Å². The Morgan fingerprint density at radius 1 is 1.34 bits per heavy atom. The fraction of sp³-hybridized carbons (Fsp3) is 0.333. The Morgan fingerprint density at radius 2 is 2.10 bits per heavy atom. The van der Waals surface area contributed by atoms with Gasteiger partial charge in [-0.3, -0.25) is 19.6 Å². The number of carboxylic acid groups (broad SMARTS) is 1. The van der Waals surface area contributed by atoms with Crippen molar-refractivity contribution in [3.63, 3.8) is 0 Å². The maximum atomic E-state index is 12.8. The summed E-state index contributed by atoms with van der Waals surface area (Å²) in [5.74, 6) is -0.741. The molecule has 154 valence electrons. The lowest BCUT2D eigenvalue weighted by Crippen LogP contribution is -2.14. The Balaban J connectivity index is 1.91. The zero-order chi connectivity index (χ0) is 21.2. The van der Waals surface area contributed by atoms with Crippen LogP contribution in [0, 0.1) is 6.92 Å². The van der Waals surface area contributed by atoms with Gasteiger partial charge in [0.05, 0.1) is 23.9 Å². The minimum atomic E-state index is -4.49. The number of carbonyl (C=O) groups is 1. The molecule has 0 radical (unpaired) electrons. The van der Waals surface area contributed by atoms with Gasteiger partial charge in [0.15, 0.2) is 6.10 Å². The Kier molecular flexibility index (Phi) is 5.57. The van der Waals surface area contributed by atoms with E-state index in [4.69, 9.17) is 9.84 Å². The first kappa shape index (κ1) is 20.4. The van der Waals surface area contributed by atoms with Crippen LogP contribution in [-0.2, 0) is 24.4 Å². The fourth-order valence-electron chi connectivity index (χ4n) is 2.76. The summed E-state index contributed by atoms with van der Waals surface area (Å²) in [7, 11) is 1.65. The lowest BCUT2D eigenvalue weighted by atomic mass is 10.1. The van der Waals surface area contributed by atoms with E-state index in [2.05, 4.69) is 20.3 Å². The van der Waals surface area contributed by atoms with Gasteiger partial charge in [-0.25, -0.2) is 0 Å². The normalized spacial score (nSPS) is 12.7. The minimum Gasteiger partial charge on any atom is -0.481 e. The zero-order valence-corrected chi connectivity index (χ0v) is 15.6. The molecule has 1 unspecified atom stereocenters. The molecule has 8 nitrogen and oxygen atoms in total. The maximum Gasteiger partial charge on any atom is 0.417 e. The van der Waals surface area contributed by atoms with Crippen molar-refractivity contribution >= 4 is 5.97 Å². The van der Waals surface area contributed by atoms with Crippen molar-refractivity contribution in [2.24, 2.45) is 7.05 Å². The van der Waals surface area contributed by atoms with Gasteiger partial charge in [-0.05, 0) is 25.5 Å². The molecule has 0 aromatic carbocycles. The Hall–Kier alpha value is -3.37. The second kappa shape index (κ2) is 7.94. The monoisotopic (exact) mass is 409 g/mol. The molecule has 0 spiro atoms. The third-order valence-electron chi connectivity index (χ3n) is 4.32. The number of pyridine rings is 1. The van der Waals surface area contributed by atoms with Crippen LogP contribution in [0.3, 0.4) is 0 Å². The highest BCUT2D eigenvalue weighted by atomic mass is 19.4.